The van der Waals surface area contributed by atoms with Gasteiger partial charge >= 0.3 is 0 Å². The Labute approximate surface area is 67.7 Å². The van der Waals surface area contributed by atoms with Crippen molar-refractivity contribution < 1.29 is 4.79 Å². The highest BCUT2D eigenvalue weighted by molar-refractivity contribution is 5.92. The molecular weight excluding hydrogens is 140 g/mol. The lowest BCUT2D eigenvalue weighted by Gasteiger charge is -2.00. The quantitative estimate of drug-likeness (QED) is 0.579. The van der Waals surface area contributed by atoms with Crippen molar-refractivity contribution in [3.8, 4) is 0 Å². The maximum absolute atomic E-state index is 11.0. The normalized spacial score (nSPS) is 11.4. The second kappa shape index (κ2) is 5.92. The molecule has 0 aromatic rings. The molecule has 3 heteroatoms. The summed E-state index contributed by atoms with van der Waals surface area (Å²) >= 11 is 0. The van der Waals surface area contributed by atoms with Crippen molar-refractivity contribution in [2.75, 3.05) is 13.1 Å². The first kappa shape index (κ1) is 10.2. The third-order valence-corrected chi connectivity index (χ3v) is 1.31. The molecule has 0 rings (SSSR count). The topological polar surface area (TPSA) is 55.1 Å². The first-order valence-electron chi connectivity index (χ1n) is 3.87. The van der Waals surface area contributed by atoms with Gasteiger partial charge in [0.25, 0.3) is 0 Å². The second-order valence-electron chi connectivity index (χ2n) is 2.32. The Kier molecular flexibility index (Phi) is 5.47. The summed E-state index contributed by atoms with van der Waals surface area (Å²) in [6, 6.07) is 0. The molecule has 0 aliphatic heterocycles. The van der Waals surface area contributed by atoms with Crippen LogP contribution in [0.1, 0.15) is 20.3 Å². The van der Waals surface area contributed by atoms with Gasteiger partial charge in [-0.15, -0.1) is 0 Å². The molecule has 0 aliphatic rings. The number of hydrogen-bond acceptors (Lipinski definition) is 2. The van der Waals surface area contributed by atoms with Gasteiger partial charge in [-0.05, 0) is 26.8 Å². The van der Waals surface area contributed by atoms with E-state index in [9.17, 15) is 4.79 Å². The third-order valence-electron chi connectivity index (χ3n) is 1.31. The molecule has 0 aromatic carbocycles. The van der Waals surface area contributed by atoms with Crippen LogP contribution in [0.3, 0.4) is 0 Å². The van der Waals surface area contributed by atoms with Crippen LogP contribution < -0.4 is 11.1 Å². The average molecular weight is 156 g/mol. The molecule has 0 radical (unpaired) electrons. The second-order valence-corrected chi connectivity index (χ2v) is 2.32. The first-order valence-corrected chi connectivity index (χ1v) is 3.87. The zero-order valence-electron chi connectivity index (χ0n) is 7.18. The van der Waals surface area contributed by atoms with Crippen LogP contribution in [0.15, 0.2) is 11.6 Å². The molecule has 0 atom stereocenters. The lowest BCUT2D eigenvalue weighted by Crippen LogP contribution is -2.23. The standard InChI is InChI=1S/C8H16N2O/c1-3-10-8(11)7(2)5-4-6-9/h5H,3-4,6,9H2,1-2H3,(H,10,11). The molecular formula is C8H16N2O. The maximum Gasteiger partial charge on any atom is 0.246 e. The van der Waals surface area contributed by atoms with E-state index in [1.807, 2.05) is 13.0 Å². The van der Waals surface area contributed by atoms with E-state index in [1.165, 1.54) is 0 Å². The van der Waals surface area contributed by atoms with Crippen LogP contribution in [0.5, 0.6) is 0 Å². The minimum atomic E-state index is 0.000880. The molecule has 0 saturated heterocycles. The Morgan fingerprint density at radius 2 is 2.27 bits per heavy atom. The minimum absolute atomic E-state index is 0.000880. The van der Waals surface area contributed by atoms with Crippen molar-refractivity contribution in [1.82, 2.24) is 5.32 Å². The van der Waals surface area contributed by atoms with Crippen LogP contribution in [0, 0.1) is 0 Å². The first-order chi connectivity index (χ1) is 5.22. The molecule has 3 N–H and O–H groups in total. The number of likely N-dealkylation sites (N-methyl/N-ethyl adjacent to an activating group) is 1. The molecule has 0 spiro atoms. The Morgan fingerprint density at radius 3 is 2.73 bits per heavy atom. The zero-order valence-corrected chi connectivity index (χ0v) is 7.18. The molecule has 0 aromatic heterocycles. The number of rotatable bonds is 4. The third kappa shape index (κ3) is 4.56. The summed E-state index contributed by atoms with van der Waals surface area (Å²) in [5.74, 6) is 0.000880. The van der Waals surface area contributed by atoms with Gasteiger partial charge in [0.2, 0.25) is 5.91 Å². The van der Waals surface area contributed by atoms with Crippen molar-refractivity contribution in [3.05, 3.63) is 11.6 Å². The van der Waals surface area contributed by atoms with Gasteiger partial charge in [-0.3, -0.25) is 4.79 Å². The number of nitrogens with two attached hydrogens (primary N) is 1. The van der Waals surface area contributed by atoms with Crippen molar-refractivity contribution in [1.29, 1.82) is 0 Å². The molecule has 0 heterocycles. The highest BCUT2D eigenvalue weighted by Crippen LogP contribution is 1.93. The molecule has 0 bridgehead atoms. The number of carbonyl (C=O) groups excluding carboxylic acids is 1. The Bertz CT molecular complexity index is 152. The van der Waals surface area contributed by atoms with E-state index < -0.39 is 0 Å². The highest BCUT2D eigenvalue weighted by Gasteiger charge is 1.99. The summed E-state index contributed by atoms with van der Waals surface area (Å²) in [6.45, 7) is 4.96. The smallest absolute Gasteiger partial charge is 0.246 e. The van der Waals surface area contributed by atoms with Crippen LogP contribution in [0.25, 0.3) is 0 Å². The van der Waals surface area contributed by atoms with Gasteiger partial charge in [-0.25, -0.2) is 0 Å². The Balaban J connectivity index is 3.80. The van der Waals surface area contributed by atoms with Gasteiger partial charge < -0.3 is 11.1 Å². The number of nitrogens with one attached hydrogen (secondary N) is 1. The Hall–Kier alpha value is -0.830. The fourth-order valence-corrected chi connectivity index (χ4v) is 0.693. The van der Waals surface area contributed by atoms with Crippen molar-refractivity contribution in [2.45, 2.75) is 20.3 Å². The largest absolute Gasteiger partial charge is 0.353 e. The molecule has 0 unspecified atom stereocenters. The van der Waals surface area contributed by atoms with Crippen LogP contribution in [0.2, 0.25) is 0 Å². The zero-order chi connectivity index (χ0) is 8.69. The summed E-state index contributed by atoms with van der Waals surface area (Å²) in [5.41, 5.74) is 6.02. The lowest BCUT2D eigenvalue weighted by atomic mass is 10.2. The van der Waals surface area contributed by atoms with E-state index in [1.54, 1.807) is 6.92 Å². The fraction of sp³-hybridized carbons (Fsp3) is 0.625. The molecule has 0 aliphatic carbocycles. The van der Waals surface area contributed by atoms with E-state index in [-0.39, 0.29) is 5.91 Å². The summed E-state index contributed by atoms with van der Waals surface area (Å²) < 4.78 is 0. The average Bonchev–Trinajstić information content (AvgIpc) is 2.00. The fourth-order valence-electron chi connectivity index (χ4n) is 0.693. The van der Waals surface area contributed by atoms with Gasteiger partial charge in [0, 0.05) is 12.1 Å². The predicted octanol–water partition coefficient (Wildman–Crippen LogP) is 0.418. The summed E-state index contributed by atoms with van der Waals surface area (Å²) in [5, 5.41) is 2.71. The SMILES string of the molecule is CCNC(=O)C(C)=CCCN. The van der Waals surface area contributed by atoms with Gasteiger partial charge in [-0.1, -0.05) is 6.08 Å². The summed E-state index contributed by atoms with van der Waals surface area (Å²) in [6.07, 6.45) is 2.62. The lowest BCUT2D eigenvalue weighted by molar-refractivity contribution is -0.117. The molecule has 0 fully saturated rings. The van der Waals surface area contributed by atoms with Crippen LogP contribution in [0.4, 0.5) is 0 Å². The van der Waals surface area contributed by atoms with Crippen molar-refractivity contribution >= 4 is 5.91 Å². The van der Waals surface area contributed by atoms with Crippen LogP contribution in [-0.4, -0.2) is 19.0 Å². The highest BCUT2D eigenvalue weighted by atomic mass is 16.1. The van der Waals surface area contributed by atoms with Crippen LogP contribution >= 0.6 is 0 Å². The van der Waals surface area contributed by atoms with E-state index in [2.05, 4.69) is 5.32 Å². The number of carbonyl (C=O) groups is 1. The minimum Gasteiger partial charge on any atom is -0.353 e. The predicted molar refractivity (Wildman–Crippen MR) is 46.1 cm³/mol. The van der Waals surface area contributed by atoms with E-state index in [4.69, 9.17) is 5.73 Å². The van der Waals surface area contributed by atoms with E-state index >= 15 is 0 Å². The van der Waals surface area contributed by atoms with Crippen molar-refractivity contribution in [3.63, 3.8) is 0 Å². The molecule has 1 amide bonds. The summed E-state index contributed by atoms with van der Waals surface area (Å²) in [4.78, 5) is 11.0. The summed E-state index contributed by atoms with van der Waals surface area (Å²) in [7, 11) is 0. The van der Waals surface area contributed by atoms with Gasteiger partial charge in [0.15, 0.2) is 0 Å². The van der Waals surface area contributed by atoms with Gasteiger partial charge in [0.05, 0.1) is 0 Å². The molecule has 3 nitrogen and oxygen atoms in total. The molecule has 11 heavy (non-hydrogen) atoms. The monoisotopic (exact) mass is 156 g/mol. The molecule has 0 saturated carbocycles. The van der Waals surface area contributed by atoms with Gasteiger partial charge in [0.1, 0.15) is 0 Å². The van der Waals surface area contributed by atoms with Gasteiger partial charge in [-0.2, -0.15) is 0 Å². The van der Waals surface area contributed by atoms with E-state index in [0.29, 0.717) is 13.1 Å². The number of hydrogen-bond donors (Lipinski definition) is 2. The van der Waals surface area contributed by atoms with Crippen LogP contribution in [-0.2, 0) is 4.79 Å². The number of amides is 1. The van der Waals surface area contributed by atoms with E-state index in [0.717, 1.165) is 12.0 Å². The van der Waals surface area contributed by atoms with Crippen molar-refractivity contribution in [2.24, 2.45) is 5.73 Å². The molecule has 64 valence electrons. The maximum atomic E-state index is 11.0. The Morgan fingerprint density at radius 1 is 1.64 bits per heavy atom.